The van der Waals surface area contributed by atoms with E-state index in [0.29, 0.717) is 41.5 Å². The van der Waals surface area contributed by atoms with Crippen LogP contribution in [0.25, 0.3) is 0 Å². The number of rotatable bonds is 10. The molecule has 0 bridgehead atoms. The number of piperidine rings is 1. The third kappa shape index (κ3) is 6.94. The summed E-state index contributed by atoms with van der Waals surface area (Å²) in [5.74, 6) is 2.26. The maximum atomic E-state index is 11.7. The minimum atomic E-state index is -3.41. The van der Waals surface area contributed by atoms with Crippen LogP contribution in [-0.4, -0.2) is 70.1 Å². The Hall–Kier alpha value is -2.63. The lowest BCUT2D eigenvalue weighted by atomic mass is 9.99. The van der Waals surface area contributed by atoms with Crippen LogP contribution >= 0.6 is 0 Å². The Labute approximate surface area is 189 Å². The molecule has 1 atom stereocenters. The second kappa shape index (κ2) is 10.8. The van der Waals surface area contributed by atoms with Gasteiger partial charge in [-0.25, -0.2) is 18.1 Å². The summed E-state index contributed by atoms with van der Waals surface area (Å²) in [5, 5.41) is 5.96. The molecule has 1 aromatic carbocycles. The Morgan fingerprint density at radius 1 is 1.22 bits per heavy atom. The molecule has 2 heterocycles. The standard InChI is InChI=1S/C21H32N6O4S/c1-15-10-20(23-14-32(28,29)22-2)26-21(24-15)25-17-7-8-18(30-4)19(11-17)31-13-16-6-5-9-27(3)12-16/h7-8,10-11,16,22H,5-6,9,12-14H2,1-4H3,(H2,23,24,25,26). The molecule has 1 aliphatic rings. The van der Waals surface area contributed by atoms with Crippen LogP contribution in [0.4, 0.5) is 17.5 Å². The van der Waals surface area contributed by atoms with Crippen molar-refractivity contribution >= 4 is 27.5 Å². The van der Waals surface area contributed by atoms with Gasteiger partial charge in [-0.1, -0.05) is 0 Å². The van der Waals surface area contributed by atoms with E-state index < -0.39 is 10.0 Å². The van der Waals surface area contributed by atoms with Gasteiger partial charge in [-0.05, 0) is 52.5 Å². The van der Waals surface area contributed by atoms with E-state index in [0.717, 1.165) is 25.2 Å². The second-order valence-electron chi connectivity index (χ2n) is 7.93. The third-order valence-corrected chi connectivity index (χ3v) is 6.37. The van der Waals surface area contributed by atoms with Gasteiger partial charge in [0.2, 0.25) is 16.0 Å². The van der Waals surface area contributed by atoms with Gasteiger partial charge >= 0.3 is 0 Å². The number of nitrogens with zero attached hydrogens (tertiary/aromatic N) is 3. The normalized spacial score (nSPS) is 17.1. The maximum absolute atomic E-state index is 11.7. The van der Waals surface area contributed by atoms with E-state index in [1.165, 1.54) is 13.5 Å². The first kappa shape index (κ1) is 24.0. The molecule has 0 spiro atoms. The Morgan fingerprint density at radius 3 is 2.75 bits per heavy atom. The van der Waals surface area contributed by atoms with Crippen LogP contribution in [-0.2, 0) is 10.0 Å². The molecule has 32 heavy (non-hydrogen) atoms. The molecule has 176 valence electrons. The van der Waals surface area contributed by atoms with Gasteiger partial charge in [-0.3, -0.25) is 0 Å². The van der Waals surface area contributed by atoms with Crippen molar-refractivity contribution in [3.05, 3.63) is 30.0 Å². The highest BCUT2D eigenvalue weighted by Crippen LogP contribution is 2.32. The molecular formula is C21H32N6O4S. The number of ether oxygens (including phenoxy) is 2. The number of methoxy groups -OCH3 is 1. The zero-order chi connectivity index (χ0) is 23.1. The Kier molecular flexibility index (Phi) is 8.10. The predicted molar refractivity (Wildman–Crippen MR) is 125 cm³/mol. The van der Waals surface area contributed by atoms with Crippen LogP contribution in [0, 0.1) is 12.8 Å². The molecule has 1 saturated heterocycles. The number of sulfonamides is 1. The molecular weight excluding hydrogens is 432 g/mol. The Balaban J connectivity index is 1.70. The lowest BCUT2D eigenvalue weighted by Crippen LogP contribution is -2.34. The topological polar surface area (TPSA) is 118 Å². The SMILES string of the molecule is CNS(=O)(=O)CNc1cc(C)nc(Nc2ccc(OC)c(OCC3CCCN(C)C3)c2)n1. The molecule has 1 aliphatic heterocycles. The highest BCUT2D eigenvalue weighted by molar-refractivity contribution is 7.89. The molecule has 3 N–H and O–H groups in total. The van der Waals surface area contributed by atoms with E-state index in [1.54, 1.807) is 13.2 Å². The molecule has 2 aromatic rings. The maximum Gasteiger partial charge on any atom is 0.229 e. The molecule has 0 saturated carbocycles. The van der Waals surface area contributed by atoms with Gasteiger partial charge in [0.15, 0.2) is 11.5 Å². The lowest BCUT2D eigenvalue weighted by Gasteiger charge is -2.29. The number of benzene rings is 1. The van der Waals surface area contributed by atoms with Crippen LogP contribution in [0.5, 0.6) is 11.5 Å². The number of aromatic nitrogens is 2. The van der Waals surface area contributed by atoms with Gasteiger partial charge in [0, 0.05) is 36.0 Å². The smallest absolute Gasteiger partial charge is 0.229 e. The summed E-state index contributed by atoms with van der Waals surface area (Å²) in [4.78, 5) is 11.1. The number of hydrogen-bond acceptors (Lipinski definition) is 9. The van der Waals surface area contributed by atoms with Crippen LogP contribution in [0.2, 0.25) is 0 Å². The molecule has 1 fully saturated rings. The molecule has 0 aliphatic carbocycles. The summed E-state index contributed by atoms with van der Waals surface area (Å²) in [6.07, 6.45) is 2.33. The van der Waals surface area contributed by atoms with Gasteiger partial charge in [0.1, 0.15) is 11.7 Å². The first-order valence-corrected chi connectivity index (χ1v) is 12.2. The van der Waals surface area contributed by atoms with E-state index in [-0.39, 0.29) is 5.88 Å². The highest BCUT2D eigenvalue weighted by Gasteiger charge is 2.19. The van der Waals surface area contributed by atoms with Crippen molar-refractivity contribution < 1.29 is 17.9 Å². The Bertz CT molecular complexity index is 1020. The summed E-state index contributed by atoms with van der Waals surface area (Å²) >= 11 is 0. The molecule has 1 aromatic heterocycles. The quantitative estimate of drug-likeness (QED) is 0.486. The van der Waals surface area contributed by atoms with E-state index in [9.17, 15) is 8.42 Å². The van der Waals surface area contributed by atoms with Crippen LogP contribution in [0.3, 0.4) is 0 Å². The third-order valence-electron chi connectivity index (χ3n) is 5.22. The van der Waals surface area contributed by atoms with Crippen LogP contribution in [0.1, 0.15) is 18.5 Å². The highest BCUT2D eigenvalue weighted by atomic mass is 32.2. The zero-order valence-electron chi connectivity index (χ0n) is 19.0. The summed E-state index contributed by atoms with van der Waals surface area (Å²) in [7, 11) is 1.71. The number of aryl methyl sites for hydroxylation is 1. The van der Waals surface area contributed by atoms with E-state index in [1.807, 2.05) is 25.1 Å². The van der Waals surface area contributed by atoms with Gasteiger partial charge < -0.3 is 25.0 Å². The monoisotopic (exact) mass is 464 g/mol. The van der Waals surface area contributed by atoms with Gasteiger partial charge in [-0.2, -0.15) is 4.98 Å². The number of nitrogens with one attached hydrogen (secondary N) is 3. The molecule has 1 unspecified atom stereocenters. The van der Waals surface area contributed by atoms with Crippen molar-refractivity contribution in [3.8, 4) is 11.5 Å². The summed E-state index contributed by atoms with van der Waals surface area (Å²) < 4.78 is 37.2. The van der Waals surface area contributed by atoms with Crippen LogP contribution in [0.15, 0.2) is 24.3 Å². The van der Waals surface area contributed by atoms with E-state index in [2.05, 4.69) is 37.3 Å². The van der Waals surface area contributed by atoms with Crippen LogP contribution < -0.4 is 24.8 Å². The summed E-state index contributed by atoms with van der Waals surface area (Å²) in [5.41, 5.74) is 1.43. The van der Waals surface area contributed by atoms with E-state index >= 15 is 0 Å². The number of likely N-dealkylation sites (tertiary alicyclic amines) is 1. The largest absolute Gasteiger partial charge is 0.493 e. The average molecular weight is 465 g/mol. The fourth-order valence-corrected chi connectivity index (χ4v) is 4.05. The summed E-state index contributed by atoms with van der Waals surface area (Å²) in [6, 6.07) is 7.22. The zero-order valence-corrected chi connectivity index (χ0v) is 19.8. The van der Waals surface area contributed by atoms with Crippen molar-refractivity contribution in [2.45, 2.75) is 19.8 Å². The minimum Gasteiger partial charge on any atom is -0.493 e. The molecule has 10 nitrogen and oxygen atoms in total. The minimum absolute atomic E-state index is 0.281. The Morgan fingerprint density at radius 2 is 2.03 bits per heavy atom. The first-order valence-electron chi connectivity index (χ1n) is 10.5. The van der Waals surface area contributed by atoms with Crippen molar-refractivity contribution in [1.82, 2.24) is 19.6 Å². The molecule has 0 amide bonds. The summed E-state index contributed by atoms with van der Waals surface area (Å²) in [6.45, 7) is 4.59. The van der Waals surface area contributed by atoms with Crippen molar-refractivity contribution in [1.29, 1.82) is 0 Å². The first-order chi connectivity index (χ1) is 15.3. The molecule has 11 heteroatoms. The van der Waals surface area contributed by atoms with Gasteiger partial charge in [-0.15, -0.1) is 0 Å². The number of hydrogen-bond donors (Lipinski definition) is 3. The molecule has 0 radical (unpaired) electrons. The van der Waals surface area contributed by atoms with Crippen molar-refractivity contribution in [2.75, 3.05) is 57.4 Å². The average Bonchev–Trinajstić information content (AvgIpc) is 2.76. The van der Waals surface area contributed by atoms with Gasteiger partial charge in [0.25, 0.3) is 0 Å². The van der Waals surface area contributed by atoms with Crippen molar-refractivity contribution in [3.63, 3.8) is 0 Å². The lowest BCUT2D eigenvalue weighted by molar-refractivity contribution is 0.148. The fraction of sp³-hybridized carbons (Fsp3) is 0.524. The van der Waals surface area contributed by atoms with E-state index in [4.69, 9.17) is 9.47 Å². The predicted octanol–water partition coefficient (Wildman–Crippen LogP) is 2.18. The second-order valence-corrected chi connectivity index (χ2v) is 9.86. The number of anilines is 3. The van der Waals surface area contributed by atoms with Gasteiger partial charge in [0.05, 0.1) is 13.7 Å². The van der Waals surface area contributed by atoms with Crippen molar-refractivity contribution in [2.24, 2.45) is 5.92 Å². The fourth-order valence-electron chi connectivity index (χ4n) is 3.57. The molecule has 3 rings (SSSR count).